The van der Waals surface area contributed by atoms with Gasteiger partial charge in [-0.05, 0) is 55.5 Å². The summed E-state index contributed by atoms with van der Waals surface area (Å²) in [5.41, 5.74) is 2.16. The van der Waals surface area contributed by atoms with Gasteiger partial charge in [-0.2, -0.15) is 0 Å². The number of thioether (sulfide) groups is 2. The number of rotatable bonds is 7. The molecule has 0 bridgehead atoms. The standard InChI is InChI=1S/C22H20BrN3O3S2/c1-2-29-17-9-5-15(6-10-17)24-19(27)13-31-22-25-18-11-12-30-20(18)21(28)26(22)16-7-3-14(23)4-8-16/h3-10H,2,11-13H2,1H3,(H,24,27). The van der Waals surface area contributed by atoms with Crippen LogP contribution in [0, 0.1) is 0 Å². The molecule has 0 unspecified atom stereocenters. The molecule has 0 saturated heterocycles. The Balaban J connectivity index is 1.53. The van der Waals surface area contributed by atoms with E-state index in [0.29, 0.717) is 22.3 Å². The van der Waals surface area contributed by atoms with Crippen LogP contribution in [-0.4, -0.2) is 33.6 Å². The third-order valence-electron chi connectivity index (χ3n) is 4.53. The monoisotopic (exact) mass is 517 g/mol. The van der Waals surface area contributed by atoms with Crippen molar-refractivity contribution in [3.8, 4) is 11.4 Å². The Labute approximate surface area is 196 Å². The van der Waals surface area contributed by atoms with Crippen LogP contribution in [0.3, 0.4) is 0 Å². The number of ether oxygens (including phenoxy) is 1. The molecule has 0 aliphatic carbocycles. The van der Waals surface area contributed by atoms with Crippen molar-refractivity contribution in [3.05, 3.63) is 69.1 Å². The van der Waals surface area contributed by atoms with Crippen LogP contribution >= 0.6 is 39.5 Å². The third kappa shape index (κ3) is 5.16. The predicted octanol–water partition coefficient (Wildman–Crippen LogP) is 4.77. The van der Waals surface area contributed by atoms with E-state index in [-0.39, 0.29) is 17.2 Å². The molecule has 31 heavy (non-hydrogen) atoms. The number of fused-ring (bicyclic) bond motifs is 1. The van der Waals surface area contributed by atoms with Gasteiger partial charge in [0.05, 0.1) is 28.6 Å². The molecular weight excluding hydrogens is 498 g/mol. The molecule has 1 aliphatic heterocycles. The number of carbonyl (C=O) groups excluding carboxylic acids is 1. The lowest BCUT2D eigenvalue weighted by molar-refractivity contribution is -0.113. The van der Waals surface area contributed by atoms with E-state index in [4.69, 9.17) is 9.72 Å². The number of halogens is 1. The number of aryl methyl sites for hydroxylation is 1. The number of nitrogens with one attached hydrogen (secondary N) is 1. The highest BCUT2D eigenvalue weighted by atomic mass is 79.9. The molecule has 0 spiro atoms. The maximum absolute atomic E-state index is 13.2. The van der Waals surface area contributed by atoms with Crippen LogP contribution in [0.4, 0.5) is 5.69 Å². The molecule has 0 fully saturated rings. The van der Waals surface area contributed by atoms with Gasteiger partial charge < -0.3 is 10.1 Å². The fraction of sp³-hybridized carbons (Fsp3) is 0.227. The summed E-state index contributed by atoms with van der Waals surface area (Å²) in [4.78, 5) is 31.1. The number of nitrogens with zero attached hydrogens (tertiary/aromatic N) is 2. The predicted molar refractivity (Wildman–Crippen MR) is 129 cm³/mol. The highest BCUT2D eigenvalue weighted by Crippen LogP contribution is 2.30. The first-order valence-corrected chi connectivity index (χ1v) is 12.5. The van der Waals surface area contributed by atoms with Gasteiger partial charge in [-0.3, -0.25) is 14.2 Å². The molecule has 9 heteroatoms. The molecule has 2 aromatic carbocycles. The minimum Gasteiger partial charge on any atom is -0.494 e. The molecule has 2 heterocycles. The summed E-state index contributed by atoms with van der Waals surface area (Å²) in [6.45, 7) is 2.52. The average molecular weight is 518 g/mol. The Morgan fingerprint density at radius 3 is 2.68 bits per heavy atom. The molecule has 1 amide bonds. The lowest BCUT2D eigenvalue weighted by atomic mass is 10.3. The van der Waals surface area contributed by atoms with E-state index in [1.807, 2.05) is 43.3 Å². The lowest BCUT2D eigenvalue weighted by Crippen LogP contribution is -2.24. The fourth-order valence-electron chi connectivity index (χ4n) is 3.14. The summed E-state index contributed by atoms with van der Waals surface area (Å²) in [6.07, 6.45) is 0.766. The molecular formula is C22H20BrN3O3S2. The van der Waals surface area contributed by atoms with Crippen molar-refractivity contribution in [3.63, 3.8) is 0 Å². The number of carbonyl (C=O) groups is 1. The van der Waals surface area contributed by atoms with Crippen molar-refractivity contribution in [2.45, 2.75) is 23.4 Å². The van der Waals surface area contributed by atoms with Gasteiger partial charge in [-0.15, -0.1) is 11.8 Å². The van der Waals surface area contributed by atoms with Gasteiger partial charge in [-0.1, -0.05) is 27.7 Å². The van der Waals surface area contributed by atoms with Crippen molar-refractivity contribution in [2.75, 3.05) is 23.4 Å². The second kappa shape index (κ2) is 9.93. The Bertz CT molecular complexity index is 1150. The van der Waals surface area contributed by atoms with Crippen LogP contribution in [0.1, 0.15) is 12.6 Å². The zero-order chi connectivity index (χ0) is 21.8. The second-order valence-corrected chi connectivity index (χ2v) is 9.64. The van der Waals surface area contributed by atoms with E-state index in [1.54, 1.807) is 28.5 Å². The molecule has 3 aromatic rings. The van der Waals surface area contributed by atoms with Crippen LogP contribution < -0.4 is 15.6 Å². The summed E-state index contributed by atoms with van der Waals surface area (Å²) in [5, 5.41) is 3.40. The molecule has 0 saturated carbocycles. The lowest BCUT2D eigenvalue weighted by Gasteiger charge is -2.14. The normalized spacial score (nSPS) is 12.5. The zero-order valence-corrected chi connectivity index (χ0v) is 20.0. The Morgan fingerprint density at radius 1 is 1.23 bits per heavy atom. The molecule has 0 radical (unpaired) electrons. The molecule has 1 aliphatic rings. The first kappa shape index (κ1) is 22.0. The average Bonchev–Trinajstić information content (AvgIpc) is 3.24. The summed E-state index contributed by atoms with van der Waals surface area (Å²) in [5.74, 6) is 1.58. The van der Waals surface area contributed by atoms with Crippen molar-refractivity contribution < 1.29 is 9.53 Å². The molecule has 160 valence electrons. The van der Waals surface area contributed by atoms with E-state index in [9.17, 15) is 9.59 Å². The number of hydrogen-bond acceptors (Lipinski definition) is 6. The number of anilines is 1. The van der Waals surface area contributed by atoms with E-state index >= 15 is 0 Å². The molecule has 4 rings (SSSR count). The summed E-state index contributed by atoms with van der Waals surface area (Å²) < 4.78 is 7.94. The largest absolute Gasteiger partial charge is 0.494 e. The quantitative estimate of drug-likeness (QED) is 0.359. The van der Waals surface area contributed by atoms with Gasteiger partial charge >= 0.3 is 0 Å². The Kier molecular flexibility index (Phi) is 7.04. The van der Waals surface area contributed by atoms with Gasteiger partial charge in [0.15, 0.2) is 5.16 Å². The number of amides is 1. The van der Waals surface area contributed by atoms with E-state index in [1.165, 1.54) is 11.8 Å². The SMILES string of the molecule is CCOc1ccc(NC(=O)CSc2nc3c(c(=O)n2-c2ccc(Br)cc2)SCC3)cc1. The van der Waals surface area contributed by atoms with Crippen molar-refractivity contribution in [1.82, 2.24) is 9.55 Å². The minimum atomic E-state index is -0.166. The van der Waals surface area contributed by atoms with Gasteiger partial charge in [0, 0.05) is 22.3 Å². The van der Waals surface area contributed by atoms with Crippen molar-refractivity contribution in [1.29, 1.82) is 0 Å². The summed E-state index contributed by atoms with van der Waals surface area (Å²) in [6, 6.07) is 14.7. The van der Waals surface area contributed by atoms with E-state index in [0.717, 1.165) is 33.8 Å². The highest BCUT2D eigenvalue weighted by Gasteiger charge is 2.23. The van der Waals surface area contributed by atoms with E-state index in [2.05, 4.69) is 21.2 Å². The number of hydrogen-bond donors (Lipinski definition) is 1. The number of aromatic nitrogens is 2. The topological polar surface area (TPSA) is 73.2 Å². The second-order valence-electron chi connectivity index (χ2n) is 6.68. The molecule has 1 aromatic heterocycles. The van der Waals surface area contributed by atoms with Crippen LogP contribution in [-0.2, 0) is 11.2 Å². The van der Waals surface area contributed by atoms with Gasteiger partial charge in [0.25, 0.3) is 5.56 Å². The zero-order valence-electron chi connectivity index (χ0n) is 16.8. The summed E-state index contributed by atoms with van der Waals surface area (Å²) in [7, 11) is 0. The maximum Gasteiger partial charge on any atom is 0.272 e. The maximum atomic E-state index is 13.2. The van der Waals surface area contributed by atoms with Crippen LogP contribution in [0.15, 0.2) is 67.9 Å². The van der Waals surface area contributed by atoms with Crippen molar-refractivity contribution >= 4 is 51.0 Å². The van der Waals surface area contributed by atoms with Gasteiger partial charge in [0.2, 0.25) is 5.91 Å². The molecule has 6 nitrogen and oxygen atoms in total. The van der Waals surface area contributed by atoms with Crippen LogP contribution in [0.2, 0.25) is 0 Å². The van der Waals surface area contributed by atoms with Gasteiger partial charge in [-0.25, -0.2) is 4.98 Å². The van der Waals surface area contributed by atoms with Crippen molar-refractivity contribution in [2.24, 2.45) is 0 Å². The highest BCUT2D eigenvalue weighted by molar-refractivity contribution is 9.10. The fourth-order valence-corrected chi connectivity index (χ4v) is 5.25. The summed E-state index contributed by atoms with van der Waals surface area (Å²) >= 11 is 6.23. The smallest absolute Gasteiger partial charge is 0.272 e. The minimum absolute atomic E-state index is 0.0794. The Morgan fingerprint density at radius 2 is 1.97 bits per heavy atom. The Hall–Kier alpha value is -2.23. The molecule has 1 N–H and O–H groups in total. The first-order chi connectivity index (χ1) is 15.0. The van der Waals surface area contributed by atoms with Crippen LogP contribution in [0.25, 0.3) is 5.69 Å². The first-order valence-electron chi connectivity index (χ1n) is 9.75. The van der Waals surface area contributed by atoms with Crippen LogP contribution in [0.5, 0.6) is 5.75 Å². The van der Waals surface area contributed by atoms with E-state index < -0.39 is 0 Å². The van der Waals surface area contributed by atoms with Gasteiger partial charge in [0.1, 0.15) is 5.75 Å². The number of benzene rings is 2. The molecule has 0 atom stereocenters. The third-order valence-corrected chi connectivity index (χ3v) is 7.11.